The van der Waals surface area contributed by atoms with E-state index in [0.717, 1.165) is 10.5 Å². The first-order chi connectivity index (χ1) is 5.70. The largest absolute Gasteiger partial charge is 0.374 e. The van der Waals surface area contributed by atoms with E-state index >= 15 is 0 Å². The molecule has 0 aliphatic carbocycles. The van der Waals surface area contributed by atoms with Crippen LogP contribution in [-0.2, 0) is 11.3 Å². The summed E-state index contributed by atoms with van der Waals surface area (Å²) in [5, 5.41) is 0. The molecule has 0 bridgehead atoms. The van der Waals surface area contributed by atoms with Crippen LogP contribution >= 0.6 is 12.6 Å². The molecule has 1 nitrogen and oxygen atoms in total. The van der Waals surface area contributed by atoms with Crippen molar-refractivity contribution in [1.82, 2.24) is 0 Å². The van der Waals surface area contributed by atoms with Crippen LogP contribution in [0.5, 0.6) is 0 Å². The quantitative estimate of drug-likeness (QED) is 0.707. The topological polar surface area (TPSA) is 9.23 Å². The normalized spacial score (nSPS) is 10.7. The fourth-order valence-electron chi connectivity index (χ4n) is 0.889. The first-order valence-electron chi connectivity index (χ1n) is 4.08. The van der Waals surface area contributed by atoms with Gasteiger partial charge in [-0.1, -0.05) is 18.2 Å². The number of thiol groups is 1. The Morgan fingerprint density at radius 2 is 2.00 bits per heavy atom. The Balaban J connectivity index is 2.57. The zero-order chi connectivity index (χ0) is 8.97. The van der Waals surface area contributed by atoms with Gasteiger partial charge in [0.15, 0.2) is 0 Å². The van der Waals surface area contributed by atoms with Crippen molar-refractivity contribution in [2.75, 3.05) is 0 Å². The fourth-order valence-corrected chi connectivity index (χ4v) is 1.11. The summed E-state index contributed by atoms with van der Waals surface area (Å²) in [6, 6.07) is 7.98. The average Bonchev–Trinajstić information content (AvgIpc) is 2.03. The highest BCUT2D eigenvalue weighted by molar-refractivity contribution is 7.80. The molecule has 1 aromatic carbocycles. The molecule has 0 N–H and O–H groups in total. The lowest BCUT2D eigenvalue weighted by atomic mass is 10.2. The number of rotatable bonds is 3. The van der Waals surface area contributed by atoms with Gasteiger partial charge < -0.3 is 4.74 Å². The highest BCUT2D eigenvalue weighted by atomic mass is 32.1. The Bertz CT molecular complexity index is 245. The van der Waals surface area contributed by atoms with E-state index in [1.807, 2.05) is 38.1 Å². The van der Waals surface area contributed by atoms with Crippen LogP contribution in [0.1, 0.15) is 19.4 Å². The lowest BCUT2D eigenvalue weighted by Gasteiger charge is -2.08. The van der Waals surface area contributed by atoms with Crippen molar-refractivity contribution < 1.29 is 4.74 Å². The molecule has 0 radical (unpaired) electrons. The van der Waals surface area contributed by atoms with Gasteiger partial charge in [0, 0.05) is 4.90 Å². The molecule has 0 fully saturated rings. The van der Waals surface area contributed by atoms with E-state index in [2.05, 4.69) is 12.6 Å². The van der Waals surface area contributed by atoms with E-state index in [1.165, 1.54) is 0 Å². The monoisotopic (exact) mass is 182 g/mol. The van der Waals surface area contributed by atoms with Gasteiger partial charge >= 0.3 is 0 Å². The first kappa shape index (κ1) is 9.62. The van der Waals surface area contributed by atoms with Crippen molar-refractivity contribution in [2.24, 2.45) is 0 Å². The maximum Gasteiger partial charge on any atom is 0.0731 e. The Morgan fingerprint density at radius 3 is 2.58 bits per heavy atom. The van der Waals surface area contributed by atoms with E-state index in [1.54, 1.807) is 0 Å². The van der Waals surface area contributed by atoms with E-state index in [9.17, 15) is 0 Å². The van der Waals surface area contributed by atoms with E-state index in [-0.39, 0.29) is 6.10 Å². The maximum atomic E-state index is 5.46. The summed E-state index contributed by atoms with van der Waals surface area (Å²) < 4.78 is 5.46. The van der Waals surface area contributed by atoms with Crippen molar-refractivity contribution in [3.05, 3.63) is 29.8 Å². The summed E-state index contributed by atoms with van der Waals surface area (Å²) in [6.45, 7) is 4.71. The van der Waals surface area contributed by atoms with Crippen LogP contribution in [0.25, 0.3) is 0 Å². The van der Waals surface area contributed by atoms with Gasteiger partial charge in [-0.15, -0.1) is 12.6 Å². The zero-order valence-corrected chi connectivity index (χ0v) is 8.34. The molecule has 1 aromatic rings. The Kier molecular flexibility index (Phi) is 3.63. The number of benzene rings is 1. The van der Waals surface area contributed by atoms with Gasteiger partial charge in [-0.05, 0) is 25.5 Å². The van der Waals surface area contributed by atoms with Gasteiger partial charge in [0.2, 0.25) is 0 Å². The summed E-state index contributed by atoms with van der Waals surface area (Å²) in [5.74, 6) is 0. The smallest absolute Gasteiger partial charge is 0.0731 e. The second kappa shape index (κ2) is 4.53. The molecule has 0 heterocycles. The SMILES string of the molecule is CC(C)OCc1ccccc1S. The Morgan fingerprint density at radius 1 is 1.33 bits per heavy atom. The Hall–Kier alpha value is -0.470. The summed E-state index contributed by atoms with van der Waals surface area (Å²) >= 11 is 4.32. The average molecular weight is 182 g/mol. The predicted molar refractivity (Wildman–Crippen MR) is 53.6 cm³/mol. The molecule has 1 rings (SSSR count). The molecule has 0 spiro atoms. The van der Waals surface area contributed by atoms with Gasteiger partial charge in [0.05, 0.1) is 12.7 Å². The van der Waals surface area contributed by atoms with Crippen LogP contribution in [0.3, 0.4) is 0 Å². The highest BCUT2D eigenvalue weighted by Gasteiger charge is 1.98. The third-order valence-corrected chi connectivity index (χ3v) is 2.00. The molecule has 0 aliphatic rings. The summed E-state index contributed by atoms with van der Waals surface area (Å²) in [5.41, 5.74) is 1.15. The molecule has 0 aromatic heterocycles. The third kappa shape index (κ3) is 2.88. The fraction of sp³-hybridized carbons (Fsp3) is 0.400. The number of hydrogen-bond acceptors (Lipinski definition) is 2. The summed E-state index contributed by atoms with van der Waals surface area (Å²) in [7, 11) is 0. The van der Waals surface area contributed by atoms with Crippen LogP contribution < -0.4 is 0 Å². The van der Waals surface area contributed by atoms with Gasteiger partial charge in [-0.3, -0.25) is 0 Å². The van der Waals surface area contributed by atoms with Crippen LogP contribution in [0.4, 0.5) is 0 Å². The lowest BCUT2D eigenvalue weighted by Crippen LogP contribution is -2.02. The Labute approximate surface area is 79.2 Å². The molecule has 0 aliphatic heterocycles. The first-order valence-corrected chi connectivity index (χ1v) is 4.53. The van der Waals surface area contributed by atoms with Crippen molar-refractivity contribution in [3.8, 4) is 0 Å². The molecule has 12 heavy (non-hydrogen) atoms. The van der Waals surface area contributed by atoms with Gasteiger partial charge in [0.25, 0.3) is 0 Å². The molecule has 0 amide bonds. The van der Waals surface area contributed by atoms with Crippen LogP contribution in [0.2, 0.25) is 0 Å². The van der Waals surface area contributed by atoms with Crippen molar-refractivity contribution in [2.45, 2.75) is 31.5 Å². The molecule has 0 unspecified atom stereocenters. The minimum Gasteiger partial charge on any atom is -0.374 e. The van der Waals surface area contributed by atoms with Crippen molar-refractivity contribution in [1.29, 1.82) is 0 Å². The van der Waals surface area contributed by atoms with Crippen LogP contribution in [0, 0.1) is 0 Å². The minimum absolute atomic E-state index is 0.276. The summed E-state index contributed by atoms with van der Waals surface area (Å²) in [4.78, 5) is 0.998. The van der Waals surface area contributed by atoms with Gasteiger partial charge in [-0.2, -0.15) is 0 Å². The molecular weight excluding hydrogens is 168 g/mol. The molecule has 0 saturated carbocycles. The van der Waals surface area contributed by atoms with Crippen molar-refractivity contribution >= 4 is 12.6 Å². The van der Waals surface area contributed by atoms with E-state index in [0.29, 0.717) is 6.61 Å². The van der Waals surface area contributed by atoms with Crippen LogP contribution in [-0.4, -0.2) is 6.10 Å². The van der Waals surface area contributed by atoms with Crippen molar-refractivity contribution in [3.63, 3.8) is 0 Å². The molecule has 2 heteroatoms. The second-order valence-electron chi connectivity index (χ2n) is 2.99. The van der Waals surface area contributed by atoms with Gasteiger partial charge in [0.1, 0.15) is 0 Å². The van der Waals surface area contributed by atoms with E-state index in [4.69, 9.17) is 4.74 Å². The van der Waals surface area contributed by atoms with E-state index < -0.39 is 0 Å². The highest BCUT2D eigenvalue weighted by Crippen LogP contribution is 2.14. The number of ether oxygens (including phenoxy) is 1. The van der Waals surface area contributed by atoms with Crippen LogP contribution in [0.15, 0.2) is 29.2 Å². The lowest BCUT2D eigenvalue weighted by molar-refractivity contribution is 0.0645. The summed E-state index contributed by atoms with van der Waals surface area (Å²) in [6.07, 6.45) is 0.276. The number of hydrogen-bond donors (Lipinski definition) is 1. The third-order valence-electron chi connectivity index (χ3n) is 1.56. The predicted octanol–water partition coefficient (Wildman–Crippen LogP) is 2.90. The molecular formula is C10H14OS. The molecule has 0 saturated heterocycles. The zero-order valence-electron chi connectivity index (χ0n) is 7.45. The minimum atomic E-state index is 0.276. The second-order valence-corrected chi connectivity index (χ2v) is 3.47. The standard InChI is InChI=1S/C10H14OS/c1-8(2)11-7-9-5-3-4-6-10(9)12/h3-6,8,12H,7H2,1-2H3. The maximum absolute atomic E-state index is 5.46. The molecule has 0 atom stereocenters. The van der Waals surface area contributed by atoms with Gasteiger partial charge in [-0.25, -0.2) is 0 Å². The molecule has 66 valence electrons.